The second-order valence-electron chi connectivity index (χ2n) is 4.35. The van der Waals surface area contributed by atoms with Crippen molar-refractivity contribution in [3.63, 3.8) is 0 Å². The highest BCUT2D eigenvalue weighted by molar-refractivity contribution is 5.94. The largest absolute Gasteiger partial charge is 0.508 e. The fraction of sp³-hybridized carbons (Fsp3) is 0.500. The van der Waals surface area contributed by atoms with Crippen LogP contribution in [0.15, 0.2) is 18.2 Å². The quantitative estimate of drug-likeness (QED) is 0.795. The second-order valence-corrected chi connectivity index (χ2v) is 4.35. The van der Waals surface area contributed by atoms with Crippen LogP contribution in [0.4, 0.5) is 4.39 Å². The van der Waals surface area contributed by atoms with E-state index in [1.165, 1.54) is 12.1 Å². The smallest absolute Gasteiger partial charge is 0.254 e. The number of halogens is 1. The summed E-state index contributed by atoms with van der Waals surface area (Å²) in [5, 5.41) is 11.8. The molecule has 2 N–H and O–H groups in total. The molecule has 0 saturated heterocycles. The maximum absolute atomic E-state index is 13.4. The number of phenolic OH excluding ortho intramolecular Hbond substituents is 1. The molecule has 0 unspecified atom stereocenters. The third-order valence-electron chi connectivity index (χ3n) is 2.90. The Hall–Kier alpha value is -1.62. The van der Waals surface area contributed by atoms with Crippen LogP contribution in [-0.2, 0) is 0 Å². The normalized spacial score (nSPS) is 10.7. The molecule has 0 aliphatic heterocycles. The Balaban J connectivity index is 2.47. The van der Waals surface area contributed by atoms with Gasteiger partial charge in [-0.25, -0.2) is 4.39 Å². The maximum atomic E-state index is 13.4. The maximum Gasteiger partial charge on any atom is 0.254 e. The van der Waals surface area contributed by atoms with Crippen LogP contribution in [-0.4, -0.2) is 42.1 Å². The fourth-order valence-corrected chi connectivity index (χ4v) is 1.86. The molecule has 0 atom stereocenters. The number of nitrogens with zero attached hydrogens (tertiary/aromatic N) is 1. The van der Waals surface area contributed by atoms with Crippen molar-refractivity contribution < 1.29 is 14.3 Å². The van der Waals surface area contributed by atoms with E-state index in [-0.39, 0.29) is 11.3 Å². The van der Waals surface area contributed by atoms with Crippen molar-refractivity contribution in [2.75, 3.05) is 26.2 Å². The third-order valence-corrected chi connectivity index (χ3v) is 2.90. The molecule has 1 rings (SSSR count). The third kappa shape index (κ3) is 4.87. The first-order valence-electron chi connectivity index (χ1n) is 6.57. The SMILES string of the molecule is CCCN(CC)CCNC(=O)c1ccc(O)cc1F. The molecule has 0 bridgehead atoms. The minimum Gasteiger partial charge on any atom is -0.508 e. The van der Waals surface area contributed by atoms with Crippen LogP contribution >= 0.6 is 0 Å². The van der Waals surface area contributed by atoms with Crippen molar-refractivity contribution in [3.8, 4) is 5.75 Å². The molecule has 5 heteroatoms. The molecule has 1 aromatic carbocycles. The molecule has 4 nitrogen and oxygen atoms in total. The van der Waals surface area contributed by atoms with E-state index in [1.54, 1.807) is 0 Å². The number of carbonyl (C=O) groups excluding carboxylic acids is 1. The van der Waals surface area contributed by atoms with Gasteiger partial charge in [0.05, 0.1) is 5.56 Å². The number of nitrogens with one attached hydrogen (secondary N) is 1. The highest BCUT2D eigenvalue weighted by Crippen LogP contribution is 2.14. The van der Waals surface area contributed by atoms with Gasteiger partial charge in [-0.2, -0.15) is 0 Å². The van der Waals surface area contributed by atoms with Crippen LogP contribution < -0.4 is 5.32 Å². The summed E-state index contributed by atoms with van der Waals surface area (Å²) in [6.45, 7) is 7.31. The van der Waals surface area contributed by atoms with Gasteiger partial charge in [0.15, 0.2) is 0 Å². The Labute approximate surface area is 113 Å². The van der Waals surface area contributed by atoms with Crippen LogP contribution in [0, 0.1) is 5.82 Å². The number of amides is 1. The average Bonchev–Trinajstić information content (AvgIpc) is 2.37. The fourth-order valence-electron chi connectivity index (χ4n) is 1.86. The Morgan fingerprint density at radius 3 is 2.68 bits per heavy atom. The van der Waals surface area contributed by atoms with E-state index in [0.29, 0.717) is 6.54 Å². The van der Waals surface area contributed by atoms with E-state index in [4.69, 9.17) is 5.11 Å². The van der Waals surface area contributed by atoms with Crippen molar-refractivity contribution in [2.45, 2.75) is 20.3 Å². The summed E-state index contributed by atoms with van der Waals surface area (Å²) >= 11 is 0. The molecular formula is C14H21FN2O2. The Morgan fingerprint density at radius 2 is 2.11 bits per heavy atom. The first-order valence-corrected chi connectivity index (χ1v) is 6.57. The van der Waals surface area contributed by atoms with Gasteiger partial charge in [0.25, 0.3) is 5.91 Å². The van der Waals surface area contributed by atoms with E-state index in [2.05, 4.69) is 24.1 Å². The van der Waals surface area contributed by atoms with Gasteiger partial charge in [0.2, 0.25) is 0 Å². The Bertz CT molecular complexity index is 424. The summed E-state index contributed by atoms with van der Waals surface area (Å²) in [6.07, 6.45) is 1.06. The van der Waals surface area contributed by atoms with E-state index < -0.39 is 11.7 Å². The summed E-state index contributed by atoms with van der Waals surface area (Å²) in [5.74, 6) is -1.35. The van der Waals surface area contributed by atoms with E-state index in [9.17, 15) is 9.18 Å². The lowest BCUT2D eigenvalue weighted by atomic mass is 10.2. The van der Waals surface area contributed by atoms with Gasteiger partial charge in [0, 0.05) is 19.2 Å². The van der Waals surface area contributed by atoms with Crippen molar-refractivity contribution in [2.24, 2.45) is 0 Å². The minimum absolute atomic E-state index is 0.0451. The van der Waals surface area contributed by atoms with Gasteiger partial charge in [-0.15, -0.1) is 0 Å². The van der Waals surface area contributed by atoms with Gasteiger partial charge < -0.3 is 15.3 Å². The van der Waals surface area contributed by atoms with Crippen LogP contribution in [0.25, 0.3) is 0 Å². The zero-order valence-electron chi connectivity index (χ0n) is 11.4. The first kappa shape index (κ1) is 15.4. The number of aromatic hydroxyl groups is 1. The van der Waals surface area contributed by atoms with Crippen LogP contribution in [0.5, 0.6) is 5.75 Å². The minimum atomic E-state index is -0.710. The number of benzene rings is 1. The molecule has 0 saturated carbocycles. The summed E-state index contributed by atoms with van der Waals surface area (Å²) < 4.78 is 13.4. The molecule has 1 amide bonds. The topological polar surface area (TPSA) is 52.6 Å². The van der Waals surface area contributed by atoms with Crippen LogP contribution in [0.2, 0.25) is 0 Å². The highest BCUT2D eigenvalue weighted by atomic mass is 19.1. The lowest BCUT2D eigenvalue weighted by molar-refractivity contribution is 0.0944. The Morgan fingerprint density at radius 1 is 1.37 bits per heavy atom. The van der Waals surface area contributed by atoms with Crippen molar-refractivity contribution in [3.05, 3.63) is 29.6 Å². The molecule has 0 fully saturated rings. The Kier molecular flexibility index (Phi) is 6.29. The number of hydrogen-bond acceptors (Lipinski definition) is 3. The summed E-state index contributed by atoms with van der Waals surface area (Å²) in [6, 6.07) is 3.52. The number of phenols is 1. The predicted molar refractivity (Wildman–Crippen MR) is 72.8 cm³/mol. The molecule has 0 aliphatic carbocycles. The predicted octanol–water partition coefficient (Wildman–Crippen LogP) is 1.99. The number of likely N-dealkylation sites (N-methyl/N-ethyl adjacent to an activating group) is 1. The monoisotopic (exact) mass is 268 g/mol. The van der Waals surface area contributed by atoms with E-state index in [1.807, 2.05) is 0 Å². The molecule has 19 heavy (non-hydrogen) atoms. The van der Waals surface area contributed by atoms with E-state index >= 15 is 0 Å². The molecule has 106 valence electrons. The molecular weight excluding hydrogens is 247 g/mol. The van der Waals surface area contributed by atoms with E-state index in [0.717, 1.165) is 32.1 Å². The lowest BCUT2D eigenvalue weighted by Gasteiger charge is -2.19. The summed E-state index contributed by atoms with van der Waals surface area (Å²) in [5.41, 5.74) is -0.0451. The summed E-state index contributed by atoms with van der Waals surface area (Å²) in [4.78, 5) is 14.0. The molecule has 0 radical (unpaired) electrons. The van der Waals surface area contributed by atoms with Gasteiger partial charge >= 0.3 is 0 Å². The molecule has 0 heterocycles. The number of carbonyl (C=O) groups is 1. The lowest BCUT2D eigenvalue weighted by Crippen LogP contribution is -2.35. The van der Waals surface area contributed by atoms with Gasteiger partial charge in [-0.05, 0) is 31.6 Å². The zero-order chi connectivity index (χ0) is 14.3. The van der Waals surface area contributed by atoms with Gasteiger partial charge in [-0.3, -0.25) is 4.79 Å². The van der Waals surface area contributed by atoms with Crippen LogP contribution in [0.3, 0.4) is 0 Å². The summed E-state index contributed by atoms with van der Waals surface area (Å²) in [7, 11) is 0. The molecule has 0 spiro atoms. The molecule has 1 aromatic rings. The number of rotatable bonds is 7. The first-order chi connectivity index (χ1) is 9.08. The van der Waals surface area contributed by atoms with Crippen LogP contribution in [0.1, 0.15) is 30.6 Å². The second kappa shape index (κ2) is 7.74. The van der Waals surface area contributed by atoms with Crippen molar-refractivity contribution >= 4 is 5.91 Å². The highest BCUT2D eigenvalue weighted by Gasteiger charge is 2.12. The number of hydrogen-bond donors (Lipinski definition) is 2. The molecule has 0 aliphatic rings. The van der Waals surface area contributed by atoms with Gasteiger partial charge in [0.1, 0.15) is 11.6 Å². The van der Waals surface area contributed by atoms with Gasteiger partial charge in [-0.1, -0.05) is 13.8 Å². The standard InChI is InChI=1S/C14H21FN2O2/c1-3-8-17(4-2)9-7-16-14(19)12-6-5-11(18)10-13(12)15/h5-6,10,18H,3-4,7-9H2,1-2H3,(H,16,19). The molecule has 0 aromatic heterocycles. The average molecular weight is 268 g/mol. The van der Waals surface area contributed by atoms with Crippen molar-refractivity contribution in [1.82, 2.24) is 10.2 Å². The zero-order valence-corrected chi connectivity index (χ0v) is 11.4. The van der Waals surface area contributed by atoms with Crippen molar-refractivity contribution in [1.29, 1.82) is 0 Å².